The second kappa shape index (κ2) is 5.22. The minimum atomic E-state index is -0.190. The van der Waals surface area contributed by atoms with Gasteiger partial charge < -0.3 is 5.32 Å². The maximum Gasteiger partial charge on any atom is 0.183 e. The Morgan fingerprint density at radius 2 is 2.11 bits per heavy atom. The van der Waals surface area contributed by atoms with E-state index < -0.39 is 0 Å². The first-order chi connectivity index (χ1) is 8.81. The van der Waals surface area contributed by atoms with E-state index in [2.05, 4.69) is 10.3 Å². The van der Waals surface area contributed by atoms with Crippen LogP contribution in [0.5, 0.6) is 0 Å². The summed E-state index contributed by atoms with van der Waals surface area (Å²) in [7, 11) is 0. The Morgan fingerprint density at radius 3 is 2.94 bits per heavy atom. The smallest absolute Gasteiger partial charge is 0.183 e. The third-order valence-electron chi connectivity index (χ3n) is 3.62. The van der Waals surface area contributed by atoms with Crippen LogP contribution in [0.1, 0.15) is 32.1 Å². The van der Waals surface area contributed by atoms with Crippen molar-refractivity contribution in [1.82, 2.24) is 4.98 Å². The summed E-state index contributed by atoms with van der Waals surface area (Å²) in [6.07, 6.45) is 6.75. The van der Waals surface area contributed by atoms with Gasteiger partial charge in [-0.1, -0.05) is 30.6 Å². The van der Waals surface area contributed by atoms with Crippen LogP contribution in [0.3, 0.4) is 0 Å². The number of nitrogens with zero attached hydrogens (tertiary/aromatic N) is 1. The Balaban J connectivity index is 1.67. The lowest BCUT2D eigenvalue weighted by Gasteiger charge is -2.21. The lowest BCUT2D eigenvalue weighted by Crippen LogP contribution is -2.16. The lowest BCUT2D eigenvalue weighted by molar-refractivity contribution is 0.373. The molecule has 1 aliphatic carbocycles. The van der Waals surface area contributed by atoms with E-state index in [1.54, 1.807) is 12.1 Å². The Labute approximate surface area is 110 Å². The zero-order valence-electron chi connectivity index (χ0n) is 10.3. The van der Waals surface area contributed by atoms with Gasteiger partial charge in [-0.05, 0) is 37.0 Å². The average Bonchev–Trinajstić information content (AvgIpc) is 2.79. The molecule has 4 heteroatoms. The summed E-state index contributed by atoms with van der Waals surface area (Å²) in [5.74, 6) is 0.590. The van der Waals surface area contributed by atoms with Crippen LogP contribution in [0.25, 0.3) is 10.2 Å². The molecule has 1 aromatic carbocycles. The highest BCUT2D eigenvalue weighted by Gasteiger charge is 2.13. The van der Waals surface area contributed by atoms with Crippen molar-refractivity contribution in [3.05, 3.63) is 24.0 Å². The largest absolute Gasteiger partial charge is 0.361 e. The van der Waals surface area contributed by atoms with Gasteiger partial charge in [0.25, 0.3) is 0 Å². The normalized spacial score (nSPS) is 17.2. The van der Waals surface area contributed by atoms with Crippen molar-refractivity contribution in [3.63, 3.8) is 0 Å². The van der Waals surface area contributed by atoms with Crippen molar-refractivity contribution in [2.45, 2.75) is 32.1 Å². The van der Waals surface area contributed by atoms with Crippen molar-refractivity contribution >= 4 is 26.7 Å². The second-order valence-electron chi connectivity index (χ2n) is 5.02. The number of hydrogen-bond donors (Lipinski definition) is 1. The van der Waals surface area contributed by atoms with Crippen molar-refractivity contribution in [1.29, 1.82) is 0 Å². The maximum atomic E-state index is 13.1. The highest BCUT2D eigenvalue weighted by Crippen LogP contribution is 2.28. The number of hydrogen-bond acceptors (Lipinski definition) is 3. The van der Waals surface area contributed by atoms with Gasteiger partial charge in [-0.3, -0.25) is 0 Å². The van der Waals surface area contributed by atoms with Gasteiger partial charge in [0.1, 0.15) is 5.82 Å². The summed E-state index contributed by atoms with van der Waals surface area (Å²) in [5.41, 5.74) is 0.882. The molecule has 2 nitrogen and oxygen atoms in total. The molecule has 1 aromatic heterocycles. The first-order valence-corrected chi connectivity index (χ1v) is 7.43. The molecule has 0 unspecified atom stereocenters. The third kappa shape index (κ3) is 2.64. The number of aromatic nitrogens is 1. The summed E-state index contributed by atoms with van der Waals surface area (Å²) in [4.78, 5) is 4.48. The molecule has 18 heavy (non-hydrogen) atoms. The summed E-state index contributed by atoms with van der Waals surface area (Å²) in [6, 6.07) is 4.76. The Bertz CT molecular complexity index is 532. The fourth-order valence-electron chi connectivity index (χ4n) is 2.60. The Morgan fingerprint density at radius 1 is 1.28 bits per heavy atom. The maximum absolute atomic E-state index is 13.1. The quantitative estimate of drug-likeness (QED) is 0.887. The fraction of sp³-hybridized carbons (Fsp3) is 0.500. The highest BCUT2D eigenvalue weighted by molar-refractivity contribution is 7.22. The molecule has 0 radical (unpaired) electrons. The van der Waals surface area contributed by atoms with Gasteiger partial charge in [0, 0.05) is 6.54 Å². The number of thiazole rings is 1. The molecule has 1 saturated carbocycles. The van der Waals surface area contributed by atoms with E-state index in [0.717, 1.165) is 27.8 Å². The number of benzene rings is 1. The molecule has 0 spiro atoms. The number of rotatable bonds is 3. The zero-order chi connectivity index (χ0) is 12.4. The molecule has 96 valence electrons. The van der Waals surface area contributed by atoms with Crippen LogP contribution in [-0.2, 0) is 0 Å². The van der Waals surface area contributed by atoms with Crippen LogP contribution in [0.4, 0.5) is 9.52 Å². The zero-order valence-corrected chi connectivity index (χ0v) is 11.1. The van der Waals surface area contributed by atoms with Gasteiger partial charge in [-0.25, -0.2) is 9.37 Å². The van der Waals surface area contributed by atoms with E-state index >= 15 is 0 Å². The SMILES string of the molecule is Fc1ccc2nc(NCC3CCCCC3)sc2c1. The van der Waals surface area contributed by atoms with Gasteiger partial charge in [-0.15, -0.1) is 0 Å². The third-order valence-corrected chi connectivity index (χ3v) is 4.59. The van der Waals surface area contributed by atoms with Crippen molar-refractivity contribution < 1.29 is 4.39 Å². The van der Waals surface area contributed by atoms with E-state index in [9.17, 15) is 4.39 Å². The molecule has 0 bridgehead atoms. The predicted octanol–water partition coefficient (Wildman–Crippen LogP) is 4.43. The predicted molar refractivity (Wildman–Crippen MR) is 74.6 cm³/mol. The standard InChI is InChI=1S/C14H17FN2S/c15-11-6-7-12-13(8-11)18-14(17-12)16-9-10-4-2-1-3-5-10/h6-8,10H,1-5,9H2,(H,16,17). The first-order valence-electron chi connectivity index (χ1n) is 6.61. The first kappa shape index (κ1) is 11.9. The molecule has 0 saturated heterocycles. The van der Waals surface area contributed by atoms with E-state index in [1.807, 2.05) is 0 Å². The number of fused-ring (bicyclic) bond motifs is 1. The molecule has 0 amide bonds. The van der Waals surface area contributed by atoms with Gasteiger partial charge in [-0.2, -0.15) is 0 Å². The topological polar surface area (TPSA) is 24.9 Å². The summed E-state index contributed by atoms with van der Waals surface area (Å²) < 4.78 is 14.0. The van der Waals surface area contributed by atoms with Crippen molar-refractivity contribution in [2.24, 2.45) is 5.92 Å². The second-order valence-corrected chi connectivity index (χ2v) is 6.05. The Hall–Kier alpha value is -1.16. The highest BCUT2D eigenvalue weighted by atomic mass is 32.1. The molecular formula is C14H17FN2S. The van der Waals surface area contributed by atoms with Crippen LogP contribution in [-0.4, -0.2) is 11.5 Å². The van der Waals surface area contributed by atoms with Crippen molar-refractivity contribution in [2.75, 3.05) is 11.9 Å². The van der Waals surface area contributed by atoms with Crippen LogP contribution in [0.15, 0.2) is 18.2 Å². The van der Waals surface area contributed by atoms with Crippen LogP contribution in [0.2, 0.25) is 0 Å². The van der Waals surface area contributed by atoms with Crippen molar-refractivity contribution in [3.8, 4) is 0 Å². The number of anilines is 1. The van der Waals surface area contributed by atoms with Crippen LogP contribution >= 0.6 is 11.3 Å². The number of halogens is 1. The van der Waals surface area contributed by atoms with Gasteiger partial charge >= 0.3 is 0 Å². The van der Waals surface area contributed by atoms with Crippen LogP contribution in [0, 0.1) is 11.7 Å². The summed E-state index contributed by atoms with van der Waals surface area (Å²) in [6.45, 7) is 1.00. The molecule has 1 aliphatic rings. The average molecular weight is 264 g/mol. The molecule has 0 aliphatic heterocycles. The molecular weight excluding hydrogens is 247 g/mol. The summed E-state index contributed by atoms with van der Waals surface area (Å²) >= 11 is 1.54. The molecule has 0 atom stereocenters. The number of nitrogens with one attached hydrogen (secondary N) is 1. The van der Waals surface area contributed by atoms with E-state index in [-0.39, 0.29) is 5.82 Å². The van der Waals surface area contributed by atoms with Gasteiger partial charge in [0.15, 0.2) is 5.13 Å². The van der Waals surface area contributed by atoms with E-state index in [0.29, 0.717) is 0 Å². The lowest BCUT2D eigenvalue weighted by atomic mass is 9.89. The van der Waals surface area contributed by atoms with E-state index in [1.165, 1.54) is 49.5 Å². The van der Waals surface area contributed by atoms with Gasteiger partial charge in [0.05, 0.1) is 10.2 Å². The minimum Gasteiger partial charge on any atom is -0.361 e. The fourth-order valence-corrected chi connectivity index (χ4v) is 3.49. The van der Waals surface area contributed by atoms with Gasteiger partial charge in [0.2, 0.25) is 0 Å². The van der Waals surface area contributed by atoms with Crippen LogP contribution < -0.4 is 5.32 Å². The Kier molecular flexibility index (Phi) is 3.46. The molecule has 1 heterocycles. The molecule has 1 fully saturated rings. The summed E-state index contributed by atoms with van der Waals surface area (Å²) in [5, 5.41) is 4.33. The monoisotopic (exact) mass is 264 g/mol. The van der Waals surface area contributed by atoms with E-state index in [4.69, 9.17) is 0 Å². The minimum absolute atomic E-state index is 0.190. The molecule has 3 rings (SSSR count). The molecule has 2 aromatic rings. The molecule has 1 N–H and O–H groups in total.